The molecule has 3 heteroatoms. The number of aryl methyl sites for hydroxylation is 1. The molecule has 0 aliphatic carbocycles. The molecule has 4 N–H and O–H groups in total. The van der Waals surface area contributed by atoms with E-state index in [2.05, 4.69) is 29.8 Å². The molecule has 0 aliphatic rings. The lowest BCUT2D eigenvalue weighted by molar-refractivity contribution is -0.666. The molecule has 3 rings (SSSR count). The average Bonchev–Trinajstić information content (AvgIpc) is 2.37. The topological polar surface area (TPSA) is 55.9 Å². The zero-order valence-electron chi connectivity index (χ0n) is 10.4. The number of nitrogen functional groups attached to an aromatic ring is 2. The van der Waals surface area contributed by atoms with E-state index in [1.54, 1.807) is 0 Å². The zero-order chi connectivity index (χ0) is 12.7. The van der Waals surface area contributed by atoms with Gasteiger partial charge in [0.2, 0.25) is 5.52 Å². The van der Waals surface area contributed by atoms with Crippen molar-refractivity contribution in [3.8, 4) is 0 Å². The van der Waals surface area contributed by atoms with Crippen molar-refractivity contribution in [2.45, 2.75) is 13.5 Å². The number of fused-ring (bicyclic) bond motifs is 3. The van der Waals surface area contributed by atoms with Crippen LogP contribution in [0.2, 0.25) is 0 Å². The van der Waals surface area contributed by atoms with Crippen molar-refractivity contribution in [1.82, 2.24) is 0 Å². The summed E-state index contributed by atoms with van der Waals surface area (Å²) in [5, 5.41) is 3.58. The molecule has 0 bridgehead atoms. The first-order chi connectivity index (χ1) is 8.69. The van der Waals surface area contributed by atoms with Crippen molar-refractivity contribution < 1.29 is 4.57 Å². The maximum absolute atomic E-state index is 5.88. The maximum atomic E-state index is 5.88. The predicted octanol–water partition coefficient (Wildman–Crippen LogP) is 2.46. The summed E-state index contributed by atoms with van der Waals surface area (Å²) in [6, 6.07) is 12.1. The minimum Gasteiger partial charge on any atom is -0.399 e. The van der Waals surface area contributed by atoms with E-state index in [1.165, 1.54) is 10.8 Å². The van der Waals surface area contributed by atoms with Gasteiger partial charge in [0, 0.05) is 28.2 Å². The third-order valence-electron chi connectivity index (χ3n) is 3.33. The summed E-state index contributed by atoms with van der Waals surface area (Å²) in [6.07, 6.45) is 2.13. The van der Waals surface area contributed by atoms with Crippen molar-refractivity contribution in [2.75, 3.05) is 11.5 Å². The minimum atomic E-state index is 0.791. The summed E-state index contributed by atoms with van der Waals surface area (Å²) < 4.78 is 2.20. The molecule has 90 valence electrons. The summed E-state index contributed by atoms with van der Waals surface area (Å²) in [4.78, 5) is 0. The molecule has 0 fully saturated rings. The van der Waals surface area contributed by atoms with Crippen LogP contribution in [-0.2, 0) is 6.54 Å². The third-order valence-corrected chi connectivity index (χ3v) is 3.33. The number of hydrogen-bond donors (Lipinski definition) is 2. The van der Waals surface area contributed by atoms with Crippen LogP contribution in [0.3, 0.4) is 0 Å². The van der Waals surface area contributed by atoms with Crippen LogP contribution >= 0.6 is 0 Å². The van der Waals surface area contributed by atoms with E-state index in [9.17, 15) is 0 Å². The van der Waals surface area contributed by atoms with Crippen molar-refractivity contribution in [3.05, 3.63) is 42.6 Å². The molecule has 0 radical (unpaired) electrons. The molecule has 1 aromatic heterocycles. The molecule has 3 aromatic rings. The molecule has 0 atom stereocenters. The molecular weight excluding hydrogens is 222 g/mol. The summed E-state index contributed by atoms with van der Waals surface area (Å²) in [6.45, 7) is 3.03. The molecule has 0 aliphatic heterocycles. The van der Waals surface area contributed by atoms with E-state index in [1.807, 2.05) is 24.3 Å². The van der Waals surface area contributed by atoms with E-state index in [0.717, 1.165) is 28.8 Å². The monoisotopic (exact) mass is 238 g/mol. The fraction of sp³-hybridized carbons (Fsp3) is 0.133. The van der Waals surface area contributed by atoms with Crippen molar-refractivity contribution >= 4 is 33.1 Å². The number of benzene rings is 2. The van der Waals surface area contributed by atoms with Gasteiger partial charge in [0.15, 0.2) is 6.20 Å². The van der Waals surface area contributed by atoms with Gasteiger partial charge in [-0.15, -0.1) is 0 Å². The number of rotatable bonds is 1. The number of pyridine rings is 1. The lowest BCUT2D eigenvalue weighted by Crippen LogP contribution is -2.32. The third kappa shape index (κ3) is 1.56. The summed E-state index contributed by atoms with van der Waals surface area (Å²) >= 11 is 0. The van der Waals surface area contributed by atoms with Gasteiger partial charge in [-0.2, -0.15) is 4.57 Å². The fourth-order valence-electron chi connectivity index (χ4n) is 2.45. The SMILES string of the molecule is CC[n+]1cc2cc(N)ccc2c2ccc(N)cc21. The van der Waals surface area contributed by atoms with Crippen LogP contribution in [-0.4, -0.2) is 0 Å². The van der Waals surface area contributed by atoms with Gasteiger partial charge in [-0.25, -0.2) is 0 Å². The van der Waals surface area contributed by atoms with Crippen molar-refractivity contribution in [2.24, 2.45) is 0 Å². The van der Waals surface area contributed by atoms with Gasteiger partial charge in [0.05, 0.1) is 5.39 Å². The molecule has 0 saturated carbocycles. The molecule has 2 aromatic carbocycles. The first-order valence-electron chi connectivity index (χ1n) is 6.10. The molecule has 0 saturated heterocycles. The molecule has 0 amide bonds. The Morgan fingerprint density at radius 3 is 2.33 bits per heavy atom. The van der Waals surface area contributed by atoms with E-state index in [-0.39, 0.29) is 0 Å². The first-order valence-corrected chi connectivity index (χ1v) is 6.10. The van der Waals surface area contributed by atoms with Gasteiger partial charge in [0.25, 0.3) is 0 Å². The molecule has 18 heavy (non-hydrogen) atoms. The summed E-state index contributed by atoms with van der Waals surface area (Å²) in [5.41, 5.74) is 14.5. The Hall–Kier alpha value is -2.29. The Labute approximate surface area is 106 Å². The minimum absolute atomic E-state index is 0.791. The van der Waals surface area contributed by atoms with E-state index >= 15 is 0 Å². The van der Waals surface area contributed by atoms with Crippen molar-refractivity contribution in [1.29, 1.82) is 0 Å². The second-order valence-corrected chi connectivity index (χ2v) is 4.54. The lowest BCUT2D eigenvalue weighted by Gasteiger charge is -2.05. The number of anilines is 2. The Bertz CT molecular complexity index is 747. The standard InChI is InChI=1S/C15H15N3/c1-2-18-9-10-7-11(16)3-5-13(10)14-6-4-12(17)8-15(14)18/h3-9,17H,2,16H2,1H3/p+1. The molecule has 0 spiro atoms. The highest BCUT2D eigenvalue weighted by atomic mass is 14.9. The Balaban J connectivity index is 2.52. The average molecular weight is 238 g/mol. The van der Waals surface area contributed by atoms with Crippen LogP contribution in [0.15, 0.2) is 42.6 Å². The van der Waals surface area contributed by atoms with E-state index in [0.29, 0.717) is 0 Å². The van der Waals surface area contributed by atoms with Crippen LogP contribution in [0.25, 0.3) is 21.7 Å². The fourth-order valence-corrected chi connectivity index (χ4v) is 2.45. The van der Waals surface area contributed by atoms with Crippen LogP contribution in [0.5, 0.6) is 0 Å². The van der Waals surface area contributed by atoms with E-state index in [4.69, 9.17) is 11.5 Å². The van der Waals surface area contributed by atoms with E-state index < -0.39 is 0 Å². The predicted molar refractivity (Wildman–Crippen MR) is 76.1 cm³/mol. The number of nitrogens with two attached hydrogens (primary N) is 2. The van der Waals surface area contributed by atoms with Gasteiger partial charge in [-0.05, 0) is 31.2 Å². The molecule has 1 heterocycles. The van der Waals surface area contributed by atoms with Gasteiger partial charge in [-0.3, -0.25) is 0 Å². The Morgan fingerprint density at radius 2 is 1.61 bits per heavy atom. The van der Waals surface area contributed by atoms with Crippen LogP contribution in [0.1, 0.15) is 6.92 Å². The highest BCUT2D eigenvalue weighted by Gasteiger charge is 2.12. The number of hydrogen-bond acceptors (Lipinski definition) is 2. The highest BCUT2D eigenvalue weighted by molar-refractivity contribution is 6.05. The normalized spacial score (nSPS) is 11.2. The Kier molecular flexibility index (Phi) is 2.33. The van der Waals surface area contributed by atoms with Crippen molar-refractivity contribution in [3.63, 3.8) is 0 Å². The van der Waals surface area contributed by atoms with Crippen LogP contribution < -0.4 is 16.0 Å². The number of nitrogens with zero attached hydrogens (tertiary/aromatic N) is 1. The van der Waals surface area contributed by atoms with Gasteiger partial charge < -0.3 is 11.5 Å². The van der Waals surface area contributed by atoms with Crippen LogP contribution in [0.4, 0.5) is 11.4 Å². The quantitative estimate of drug-likeness (QED) is 0.389. The molecule has 3 nitrogen and oxygen atoms in total. The van der Waals surface area contributed by atoms with Gasteiger partial charge in [-0.1, -0.05) is 6.07 Å². The second kappa shape index (κ2) is 3.88. The summed E-state index contributed by atoms with van der Waals surface area (Å²) in [7, 11) is 0. The van der Waals surface area contributed by atoms with Crippen LogP contribution in [0, 0.1) is 0 Å². The van der Waals surface area contributed by atoms with Gasteiger partial charge in [0.1, 0.15) is 6.54 Å². The highest BCUT2D eigenvalue weighted by Crippen LogP contribution is 2.25. The Morgan fingerprint density at radius 1 is 0.944 bits per heavy atom. The molecular formula is C15H16N3+. The first kappa shape index (κ1) is 10.8. The lowest BCUT2D eigenvalue weighted by atomic mass is 10.1. The zero-order valence-corrected chi connectivity index (χ0v) is 10.4. The largest absolute Gasteiger partial charge is 0.399 e. The molecule has 0 unspecified atom stereocenters. The number of aromatic nitrogens is 1. The second-order valence-electron chi connectivity index (χ2n) is 4.54. The smallest absolute Gasteiger partial charge is 0.215 e. The maximum Gasteiger partial charge on any atom is 0.215 e. The summed E-state index contributed by atoms with van der Waals surface area (Å²) in [5.74, 6) is 0. The van der Waals surface area contributed by atoms with Gasteiger partial charge >= 0.3 is 0 Å².